The molecule has 1 aliphatic heterocycles. The van der Waals surface area contributed by atoms with E-state index in [1.54, 1.807) is 7.05 Å². The lowest BCUT2D eigenvalue weighted by atomic mass is 10.2. The van der Waals surface area contributed by atoms with E-state index in [0.717, 1.165) is 38.1 Å². The fraction of sp³-hybridized carbons (Fsp3) is 0.643. The first kappa shape index (κ1) is 15.9. The number of pyridine rings is 1. The summed E-state index contributed by atoms with van der Waals surface area (Å²) in [7, 11) is 5.51. The fourth-order valence-corrected chi connectivity index (χ4v) is 2.70. The molecule has 118 valence electrons. The molecule has 7 heteroatoms. The monoisotopic (exact) mass is 302 g/mol. The predicted molar refractivity (Wildman–Crippen MR) is 77.7 cm³/mol. The summed E-state index contributed by atoms with van der Waals surface area (Å²) in [5, 5.41) is 2.71. The molecule has 0 saturated carbocycles. The summed E-state index contributed by atoms with van der Waals surface area (Å²) in [6.45, 7) is 1.56. The topological polar surface area (TPSA) is 31.4 Å². The molecule has 1 atom stereocenters. The number of hydrogen-bond donors (Lipinski definition) is 1. The molecule has 1 aliphatic rings. The van der Waals surface area contributed by atoms with Crippen molar-refractivity contribution in [2.24, 2.45) is 0 Å². The molecule has 1 aromatic rings. The third-order valence-corrected chi connectivity index (χ3v) is 3.64. The van der Waals surface area contributed by atoms with Crippen LogP contribution in [0.25, 0.3) is 0 Å². The van der Waals surface area contributed by atoms with Crippen LogP contribution in [0.4, 0.5) is 24.8 Å². The second kappa shape index (κ2) is 6.09. The molecule has 1 unspecified atom stereocenters. The first-order chi connectivity index (χ1) is 9.81. The van der Waals surface area contributed by atoms with Crippen molar-refractivity contribution in [1.82, 2.24) is 9.88 Å². The van der Waals surface area contributed by atoms with Gasteiger partial charge in [0.15, 0.2) is 0 Å². The van der Waals surface area contributed by atoms with Gasteiger partial charge in [-0.3, -0.25) is 0 Å². The van der Waals surface area contributed by atoms with Crippen LogP contribution in [-0.4, -0.2) is 50.2 Å². The van der Waals surface area contributed by atoms with E-state index >= 15 is 0 Å². The van der Waals surface area contributed by atoms with Crippen molar-refractivity contribution in [3.05, 3.63) is 17.7 Å². The molecule has 1 fully saturated rings. The molecular weight excluding hydrogens is 281 g/mol. The van der Waals surface area contributed by atoms with Gasteiger partial charge in [0.25, 0.3) is 0 Å². The smallest absolute Gasteiger partial charge is 0.373 e. The number of rotatable bonds is 4. The minimum absolute atomic E-state index is 0.209. The van der Waals surface area contributed by atoms with Crippen molar-refractivity contribution in [3.63, 3.8) is 0 Å². The highest BCUT2D eigenvalue weighted by molar-refractivity contribution is 5.52. The van der Waals surface area contributed by atoms with Gasteiger partial charge in [-0.25, -0.2) is 4.98 Å². The number of likely N-dealkylation sites (N-methyl/N-ethyl adjacent to an activating group) is 1. The van der Waals surface area contributed by atoms with E-state index in [2.05, 4.69) is 15.2 Å². The van der Waals surface area contributed by atoms with Crippen LogP contribution < -0.4 is 10.2 Å². The maximum atomic E-state index is 13.0. The molecule has 0 spiro atoms. The molecule has 2 rings (SSSR count). The van der Waals surface area contributed by atoms with Crippen LogP contribution in [-0.2, 0) is 6.18 Å². The normalized spacial score (nSPS) is 19.4. The Morgan fingerprint density at radius 1 is 1.38 bits per heavy atom. The molecule has 0 radical (unpaired) electrons. The maximum Gasteiger partial charge on any atom is 0.416 e. The third kappa shape index (κ3) is 3.78. The molecule has 0 aliphatic carbocycles. The average Bonchev–Trinajstić information content (AvgIpc) is 2.84. The number of anilines is 2. The molecule has 21 heavy (non-hydrogen) atoms. The lowest BCUT2D eigenvalue weighted by Crippen LogP contribution is -2.38. The molecule has 0 aromatic carbocycles. The van der Waals surface area contributed by atoms with Gasteiger partial charge in [0.1, 0.15) is 11.6 Å². The molecule has 1 saturated heterocycles. The van der Waals surface area contributed by atoms with E-state index in [1.807, 2.05) is 19.0 Å². The first-order valence-corrected chi connectivity index (χ1v) is 6.99. The number of nitrogens with zero attached hydrogens (tertiary/aromatic N) is 3. The Morgan fingerprint density at radius 3 is 2.67 bits per heavy atom. The highest BCUT2D eigenvalue weighted by Gasteiger charge is 2.33. The van der Waals surface area contributed by atoms with Gasteiger partial charge in [-0.2, -0.15) is 13.2 Å². The Balaban J connectivity index is 2.33. The summed E-state index contributed by atoms with van der Waals surface area (Å²) in [5.74, 6) is 0.647. The summed E-state index contributed by atoms with van der Waals surface area (Å²) in [6, 6.07) is 2.40. The van der Waals surface area contributed by atoms with Crippen LogP contribution in [0.2, 0.25) is 0 Å². The number of alkyl halides is 3. The minimum atomic E-state index is -4.36. The molecule has 0 bridgehead atoms. The fourth-order valence-electron chi connectivity index (χ4n) is 2.70. The average molecular weight is 302 g/mol. The van der Waals surface area contributed by atoms with Crippen LogP contribution in [0.3, 0.4) is 0 Å². The second-order valence-corrected chi connectivity index (χ2v) is 5.60. The Kier molecular flexibility index (Phi) is 4.61. The largest absolute Gasteiger partial charge is 0.416 e. The van der Waals surface area contributed by atoms with E-state index in [0.29, 0.717) is 5.82 Å². The zero-order valence-corrected chi connectivity index (χ0v) is 12.5. The first-order valence-electron chi connectivity index (χ1n) is 6.99. The highest BCUT2D eigenvalue weighted by atomic mass is 19.4. The summed E-state index contributed by atoms with van der Waals surface area (Å²) in [5.41, 5.74) is -0.660. The van der Waals surface area contributed by atoms with Gasteiger partial charge in [0.05, 0.1) is 5.56 Å². The minimum Gasteiger partial charge on any atom is -0.373 e. The van der Waals surface area contributed by atoms with Crippen molar-refractivity contribution in [2.75, 3.05) is 44.4 Å². The Bertz CT molecular complexity index is 488. The van der Waals surface area contributed by atoms with Gasteiger partial charge >= 0.3 is 6.18 Å². The summed E-state index contributed by atoms with van der Waals surface area (Å²) < 4.78 is 39.0. The zero-order valence-electron chi connectivity index (χ0n) is 12.5. The quantitative estimate of drug-likeness (QED) is 0.926. The second-order valence-electron chi connectivity index (χ2n) is 5.60. The van der Waals surface area contributed by atoms with Crippen LogP contribution in [0.1, 0.15) is 18.4 Å². The van der Waals surface area contributed by atoms with Crippen molar-refractivity contribution in [1.29, 1.82) is 0 Å². The molecule has 4 nitrogen and oxygen atoms in total. The molecule has 2 heterocycles. The van der Waals surface area contributed by atoms with Crippen molar-refractivity contribution in [2.45, 2.75) is 25.1 Å². The van der Waals surface area contributed by atoms with Gasteiger partial charge in [-0.15, -0.1) is 0 Å². The standard InChI is InChI=1S/C14H21F3N4/c1-18-12-7-10(14(15,16)17)8-13(19-12)21-6-4-5-11(21)9-20(2)3/h7-8,11H,4-6,9H2,1-3H3,(H,18,19). The number of hydrogen-bond acceptors (Lipinski definition) is 4. The lowest BCUT2D eigenvalue weighted by Gasteiger charge is -2.29. The van der Waals surface area contributed by atoms with E-state index in [9.17, 15) is 13.2 Å². The lowest BCUT2D eigenvalue weighted by molar-refractivity contribution is -0.137. The zero-order chi connectivity index (χ0) is 15.6. The van der Waals surface area contributed by atoms with Gasteiger partial charge in [-0.05, 0) is 39.1 Å². The summed E-state index contributed by atoms with van der Waals surface area (Å²) in [4.78, 5) is 8.33. The van der Waals surface area contributed by atoms with Crippen LogP contribution in [0, 0.1) is 0 Å². The molecule has 0 amide bonds. The maximum absolute atomic E-state index is 13.0. The van der Waals surface area contributed by atoms with Crippen LogP contribution in [0.15, 0.2) is 12.1 Å². The summed E-state index contributed by atoms with van der Waals surface area (Å²) >= 11 is 0. The molecule has 1 aromatic heterocycles. The van der Waals surface area contributed by atoms with E-state index in [-0.39, 0.29) is 11.9 Å². The van der Waals surface area contributed by atoms with Gasteiger partial charge < -0.3 is 15.1 Å². The Hall–Kier alpha value is -1.50. The van der Waals surface area contributed by atoms with E-state index in [1.165, 1.54) is 0 Å². The molecule has 1 N–H and O–H groups in total. The molecular formula is C14H21F3N4. The highest BCUT2D eigenvalue weighted by Crippen LogP contribution is 2.34. The Morgan fingerprint density at radius 2 is 2.10 bits per heavy atom. The van der Waals surface area contributed by atoms with Gasteiger partial charge in [-0.1, -0.05) is 0 Å². The van der Waals surface area contributed by atoms with Crippen LogP contribution >= 0.6 is 0 Å². The number of halogens is 3. The summed E-state index contributed by atoms with van der Waals surface area (Å²) in [6.07, 6.45) is -2.41. The van der Waals surface area contributed by atoms with Crippen molar-refractivity contribution >= 4 is 11.6 Å². The SMILES string of the molecule is CNc1cc(C(F)(F)F)cc(N2CCCC2CN(C)C)n1. The van der Waals surface area contributed by atoms with Crippen LogP contribution in [0.5, 0.6) is 0 Å². The van der Waals surface area contributed by atoms with Gasteiger partial charge in [0, 0.05) is 26.2 Å². The van der Waals surface area contributed by atoms with Gasteiger partial charge in [0.2, 0.25) is 0 Å². The van der Waals surface area contributed by atoms with E-state index in [4.69, 9.17) is 0 Å². The van der Waals surface area contributed by atoms with Crippen molar-refractivity contribution in [3.8, 4) is 0 Å². The van der Waals surface area contributed by atoms with E-state index < -0.39 is 11.7 Å². The predicted octanol–water partition coefficient (Wildman–Crippen LogP) is 2.67. The Labute approximate surface area is 122 Å². The third-order valence-electron chi connectivity index (χ3n) is 3.64. The number of nitrogens with one attached hydrogen (secondary N) is 1. The van der Waals surface area contributed by atoms with Crippen molar-refractivity contribution < 1.29 is 13.2 Å². The number of aromatic nitrogens is 1.